The van der Waals surface area contributed by atoms with E-state index in [1.165, 1.54) is 11.8 Å². The maximum absolute atomic E-state index is 13.8. The summed E-state index contributed by atoms with van der Waals surface area (Å²) in [6.07, 6.45) is 0. The molecule has 2 atom stereocenters. The van der Waals surface area contributed by atoms with Crippen LogP contribution in [0.5, 0.6) is 0 Å². The number of anilines is 2. The standard InChI is InChI=1S/C29H29ClN4O2S/c1-19(2)33(24-12-8-5-9-13-24)29(36)18-37-28-31-20(3)25(27(35)32-23-10-6-4-7-11-23)26(34(28)29)21-14-16-22(30)17-15-21/h4-17,19,26,36H,18H2,1-3H3,(H,32,35)/t26-,29-/m1/s1. The van der Waals surface area contributed by atoms with Gasteiger partial charge in [0.05, 0.1) is 23.1 Å². The van der Waals surface area contributed by atoms with Crippen molar-refractivity contribution in [2.45, 2.75) is 38.7 Å². The average molecular weight is 533 g/mol. The molecule has 2 N–H and O–H groups in total. The third kappa shape index (κ3) is 4.75. The number of amides is 1. The van der Waals surface area contributed by atoms with Gasteiger partial charge in [-0.05, 0) is 62.7 Å². The molecule has 1 amide bonds. The first-order valence-corrected chi connectivity index (χ1v) is 13.6. The van der Waals surface area contributed by atoms with E-state index in [1.807, 2.05) is 102 Å². The zero-order chi connectivity index (χ0) is 26.2. The molecule has 0 bridgehead atoms. The van der Waals surface area contributed by atoms with Crippen LogP contribution in [0, 0.1) is 0 Å². The largest absolute Gasteiger partial charge is 0.353 e. The van der Waals surface area contributed by atoms with E-state index in [1.54, 1.807) is 0 Å². The lowest BCUT2D eigenvalue weighted by molar-refractivity contribution is -0.114. The number of benzene rings is 3. The molecule has 0 radical (unpaired) electrons. The van der Waals surface area contributed by atoms with Crippen molar-refractivity contribution in [2.75, 3.05) is 16.0 Å². The lowest BCUT2D eigenvalue weighted by Gasteiger charge is -2.50. The molecule has 3 aromatic rings. The SMILES string of the molecule is CC1=C(C(=O)Nc2ccccc2)[C@@H](c2ccc(Cl)cc2)N2C(=N1)SC[C@@]2(O)N(c1ccccc1)C(C)C. The summed E-state index contributed by atoms with van der Waals surface area (Å²) in [7, 11) is 0. The number of thioether (sulfide) groups is 1. The lowest BCUT2D eigenvalue weighted by Crippen LogP contribution is -2.64. The number of aliphatic hydroxyl groups is 1. The summed E-state index contributed by atoms with van der Waals surface area (Å²) in [6, 6.07) is 26.0. The molecule has 0 spiro atoms. The van der Waals surface area contributed by atoms with Gasteiger partial charge in [-0.15, -0.1) is 0 Å². The second-order valence-corrected chi connectivity index (χ2v) is 10.8. The lowest BCUT2D eigenvalue weighted by atomic mass is 9.92. The van der Waals surface area contributed by atoms with Crippen LogP contribution >= 0.6 is 23.4 Å². The van der Waals surface area contributed by atoms with Crippen molar-refractivity contribution >= 4 is 45.8 Å². The van der Waals surface area contributed by atoms with Crippen molar-refractivity contribution < 1.29 is 9.90 Å². The van der Waals surface area contributed by atoms with Crippen molar-refractivity contribution in [3.05, 3.63) is 107 Å². The van der Waals surface area contributed by atoms with Gasteiger partial charge in [-0.2, -0.15) is 0 Å². The second-order valence-electron chi connectivity index (χ2n) is 9.40. The Balaban J connectivity index is 1.65. The van der Waals surface area contributed by atoms with E-state index in [-0.39, 0.29) is 11.9 Å². The molecule has 3 aromatic carbocycles. The number of aliphatic imine (C=N–C) groups is 1. The first-order chi connectivity index (χ1) is 17.8. The van der Waals surface area contributed by atoms with Crippen LogP contribution in [0.4, 0.5) is 11.4 Å². The van der Waals surface area contributed by atoms with Gasteiger partial charge >= 0.3 is 0 Å². The van der Waals surface area contributed by atoms with Crippen LogP contribution in [-0.2, 0) is 4.79 Å². The van der Waals surface area contributed by atoms with Gasteiger partial charge in [0.1, 0.15) is 0 Å². The topological polar surface area (TPSA) is 68.2 Å². The summed E-state index contributed by atoms with van der Waals surface area (Å²) < 4.78 is 0. The maximum atomic E-state index is 13.8. The molecule has 0 unspecified atom stereocenters. The Morgan fingerprint density at radius 3 is 2.32 bits per heavy atom. The third-order valence-corrected chi connectivity index (χ3v) is 7.90. The number of hydrogen-bond acceptors (Lipinski definition) is 6. The first kappa shape index (κ1) is 25.4. The van der Waals surface area contributed by atoms with Crippen molar-refractivity contribution in [2.24, 2.45) is 4.99 Å². The predicted octanol–water partition coefficient (Wildman–Crippen LogP) is 6.27. The number of para-hydroxylation sites is 2. The van der Waals surface area contributed by atoms with Crippen molar-refractivity contribution in [3.63, 3.8) is 0 Å². The number of rotatable bonds is 6. The fourth-order valence-electron chi connectivity index (χ4n) is 5.05. The minimum atomic E-state index is -1.44. The van der Waals surface area contributed by atoms with Gasteiger partial charge in [0, 0.05) is 22.4 Å². The minimum absolute atomic E-state index is 0.0354. The molecule has 190 valence electrons. The number of nitrogens with one attached hydrogen (secondary N) is 1. The molecule has 8 heteroatoms. The van der Waals surface area contributed by atoms with E-state index in [9.17, 15) is 9.90 Å². The molecule has 2 aliphatic rings. The Morgan fingerprint density at radius 1 is 1.08 bits per heavy atom. The highest BCUT2D eigenvalue weighted by Crippen LogP contribution is 2.49. The van der Waals surface area contributed by atoms with E-state index >= 15 is 0 Å². The Morgan fingerprint density at radius 2 is 1.70 bits per heavy atom. The quantitative estimate of drug-likeness (QED) is 0.366. The van der Waals surface area contributed by atoms with Gasteiger partial charge in [-0.1, -0.05) is 71.9 Å². The number of nitrogens with zero attached hydrogens (tertiary/aromatic N) is 3. The van der Waals surface area contributed by atoms with E-state index < -0.39 is 11.9 Å². The second kappa shape index (κ2) is 10.2. The number of carbonyl (C=O) groups excluding carboxylic acids is 1. The highest BCUT2D eigenvalue weighted by atomic mass is 35.5. The summed E-state index contributed by atoms with van der Waals surface area (Å²) in [5.74, 6) is -1.34. The van der Waals surface area contributed by atoms with Gasteiger partial charge in [0.2, 0.25) is 5.85 Å². The summed E-state index contributed by atoms with van der Waals surface area (Å²) >= 11 is 7.72. The molecule has 37 heavy (non-hydrogen) atoms. The molecule has 5 rings (SSSR count). The minimum Gasteiger partial charge on any atom is -0.353 e. The summed E-state index contributed by atoms with van der Waals surface area (Å²) in [6.45, 7) is 5.95. The first-order valence-electron chi connectivity index (χ1n) is 12.2. The number of halogens is 1. The number of hydrogen-bond donors (Lipinski definition) is 2. The predicted molar refractivity (Wildman–Crippen MR) is 153 cm³/mol. The van der Waals surface area contributed by atoms with E-state index in [4.69, 9.17) is 16.6 Å². The average Bonchev–Trinajstić information content (AvgIpc) is 3.21. The Bertz CT molecular complexity index is 1350. The molecule has 0 saturated carbocycles. The Labute approximate surface area is 226 Å². The molecule has 6 nitrogen and oxygen atoms in total. The molecule has 1 fully saturated rings. The monoisotopic (exact) mass is 532 g/mol. The zero-order valence-electron chi connectivity index (χ0n) is 20.9. The van der Waals surface area contributed by atoms with Crippen LogP contribution in [0.1, 0.15) is 32.4 Å². The normalized spacial score (nSPS) is 21.1. The molecule has 0 aromatic heterocycles. The van der Waals surface area contributed by atoms with Crippen LogP contribution in [0.2, 0.25) is 5.02 Å². The summed E-state index contributed by atoms with van der Waals surface area (Å²) in [5.41, 5.74) is 3.52. The van der Waals surface area contributed by atoms with E-state index in [0.29, 0.717) is 32.9 Å². The summed E-state index contributed by atoms with van der Waals surface area (Å²) in [4.78, 5) is 22.5. The van der Waals surface area contributed by atoms with Gasteiger partial charge in [0.15, 0.2) is 5.17 Å². The molecule has 1 saturated heterocycles. The molecule has 0 aliphatic carbocycles. The highest BCUT2D eigenvalue weighted by molar-refractivity contribution is 8.14. The number of amidine groups is 1. The summed E-state index contributed by atoms with van der Waals surface area (Å²) in [5, 5.41) is 16.8. The fraction of sp³-hybridized carbons (Fsp3) is 0.241. The number of allylic oxidation sites excluding steroid dienone is 1. The van der Waals surface area contributed by atoms with Gasteiger partial charge in [-0.3, -0.25) is 9.69 Å². The molecular weight excluding hydrogens is 504 g/mol. The zero-order valence-corrected chi connectivity index (χ0v) is 22.5. The van der Waals surface area contributed by atoms with Crippen LogP contribution < -0.4 is 10.2 Å². The van der Waals surface area contributed by atoms with E-state index in [2.05, 4.69) is 19.2 Å². The molecule has 2 aliphatic heterocycles. The Kier molecular flexibility index (Phi) is 7.03. The van der Waals surface area contributed by atoms with Crippen LogP contribution in [0.25, 0.3) is 0 Å². The van der Waals surface area contributed by atoms with Crippen LogP contribution in [0.15, 0.2) is 101 Å². The molecular formula is C29H29ClN4O2S. The smallest absolute Gasteiger partial charge is 0.255 e. The van der Waals surface area contributed by atoms with Crippen molar-refractivity contribution in [1.82, 2.24) is 4.90 Å². The van der Waals surface area contributed by atoms with Gasteiger partial charge in [0.25, 0.3) is 5.91 Å². The number of fused-ring (bicyclic) bond motifs is 1. The van der Waals surface area contributed by atoms with Crippen LogP contribution in [-0.4, -0.2) is 38.7 Å². The Hall–Kier alpha value is -3.26. The number of carbonyl (C=O) groups is 1. The van der Waals surface area contributed by atoms with Gasteiger partial charge in [-0.25, -0.2) is 4.99 Å². The highest BCUT2D eigenvalue weighted by Gasteiger charge is 2.55. The third-order valence-electron chi connectivity index (χ3n) is 6.57. The van der Waals surface area contributed by atoms with Crippen molar-refractivity contribution in [1.29, 1.82) is 0 Å². The van der Waals surface area contributed by atoms with Crippen molar-refractivity contribution in [3.8, 4) is 0 Å². The maximum Gasteiger partial charge on any atom is 0.255 e. The van der Waals surface area contributed by atoms with E-state index in [0.717, 1.165) is 11.3 Å². The van der Waals surface area contributed by atoms with Crippen LogP contribution in [0.3, 0.4) is 0 Å². The fourth-order valence-corrected chi connectivity index (χ4v) is 6.37. The molecule has 2 heterocycles. The van der Waals surface area contributed by atoms with Gasteiger partial charge < -0.3 is 15.3 Å².